The first-order chi connectivity index (χ1) is 60.4. The van der Waals surface area contributed by atoms with E-state index in [1.165, 1.54) is 35.1 Å². The molecule has 0 spiro atoms. The number of methoxy groups -OCH3 is 1. The van der Waals surface area contributed by atoms with Crippen LogP contribution in [0, 0.1) is 0 Å². The van der Waals surface area contributed by atoms with E-state index in [1.807, 2.05) is 98.1 Å². The van der Waals surface area contributed by atoms with Gasteiger partial charge in [0.2, 0.25) is 23.0 Å². The lowest BCUT2D eigenvalue weighted by atomic mass is 9.82. The number of aromatic amines is 2. The number of carboxylic acids is 1. The molecule has 676 valence electrons. The minimum Gasteiger partial charge on any atom is -0.497 e. The number of ether oxygens (including phenoxy) is 7. The molecule has 10 aromatic rings. The normalized spacial score (nSPS) is 17.9. The molecule has 0 radical (unpaired) electrons. The van der Waals surface area contributed by atoms with Crippen LogP contribution in [0.15, 0.2) is 146 Å². The van der Waals surface area contributed by atoms with Crippen molar-refractivity contribution in [2.45, 2.75) is 309 Å². The van der Waals surface area contributed by atoms with E-state index in [9.17, 15) is 29.7 Å². The summed E-state index contributed by atoms with van der Waals surface area (Å²) in [6, 6.07) is 39.6. The van der Waals surface area contributed by atoms with Gasteiger partial charge in [-0.15, -0.1) is 5.10 Å². The third-order valence-electron chi connectivity index (χ3n) is 25.5. The van der Waals surface area contributed by atoms with Crippen molar-refractivity contribution in [2.75, 3.05) is 26.9 Å². The number of aromatic nitrogens is 15. The number of carbonyl (C=O) groups excluding carboxylic acids is 2. The lowest BCUT2D eigenvalue weighted by Gasteiger charge is -2.29. The Balaban J connectivity index is 0.000000184. The lowest BCUT2D eigenvalue weighted by molar-refractivity contribution is 0.0119. The highest BCUT2D eigenvalue weighted by molar-refractivity contribution is 5.90. The zero-order chi connectivity index (χ0) is 89.7. The topological polar surface area (TPSA) is 367 Å². The Labute approximate surface area is 735 Å². The molecule has 1 aliphatic heterocycles. The highest BCUT2D eigenvalue weighted by atomic mass is 16.6. The second-order valence-corrected chi connectivity index (χ2v) is 33.2. The molecule has 6 N–H and O–H groups in total. The summed E-state index contributed by atoms with van der Waals surface area (Å²) in [5, 5.41) is 83.1. The van der Waals surface area contributed by atoms with E-state index in [2.05, 4.69) is 163 Å². The number of H-pyrrole nitrogens is 2. The molecule has 6 aromatic heterocycles. The zero-order valence-corrected chi connectivity index (χ0v) is 75.6. The summed E-state index contributed by atoms with van der Waals surface area (Å²) < 4.78 is 46.3. The number of benzene rings is 4. The van der Waals surface area contributed by atoms with Crippen molar-refractivity contribution in [3.63, 3.8) is 0 Å². The number of aromatic carboxylic acids is 1. The average Bonchev–Trinajstić information content (AvgIpc) is 1.74. The number of hydrogen-bond donors (Lipinski definition) is 6. The Bertz CT molecular complexity index is 4900. The number of carbonyl (C=O) groups is 3. The summed E-state index contributed by atoms with van der Waals surface area (Å²) in [6.07, 6.45) is 24.9. The third-order valence-corrected chi connectivity index (χ3v) is 25.5. The fraction of sp³-hybridized carbons (Fsp3) is 0.542. The van der Waals surface area contributed by atoms with Crippen molar-refractivity contribution < 1.29 is 68.0 Å². The van der Waals surface area contributed by atoms with Crippen LogP contribution in [0.1, 0.15) is 296 Å². The van der Waals surface area contributed by atoms with Gasteiger partial charge in [0.15, 0.2) is 0 Å². The molecule has 14 rings (SSSR count). The van der Waals surface area contributed by atoms with Crippen LogP contribution in [0.5, 0.6) is 23.4 Å². The van der Waals surface area contributed by atoms with Crippen LogP contribution in [0.25, 0.3) is 33.8 Å². The molecule has 3 saturated carbocycles. The smallest absolute Gasteiger partial charge is 0.364 e. The molecule has 0 atom stereocenters. The summed E-state index contributed by atoms with van der Waals surface area (Å²) in [5.74, 6) is 0.545. The highest BCUT2D eigenvalue weighted by Gasteiger charge is 2.40. The van der Waals surface area contributed by atoms with Crippen molar-refractivity contribution in [1.29, 1.82) is 0 Å². The Morgan fingerprint density at radius 2 is 0.832 bits per heavy atom. The minimum absolute atomic E-state index is 0.00553. The Hall–Kier alpha value is -10.9. The van der Waals surface area contributed by atoms with Crippen molar-refractivity contribution >= 4 is 17.9 Å². The zero-order valence-electron chi connectivity index (χ0n) is 75.6. The molecule has 29 nitrogen and oxygen atoms in total. The molecular weight excluding hydrogens is 1590 g/mol. The van der Waals surface area contributed by atoms with Gasteiger partial charge in [-0.1, -0.05) is 192 Å². The number of esters is 2. The summed E-state index contributed by atoms with van der Waals surface area (Å²) in [5.41, 5.74) is 10.7. The molecule has 0 bridgehead atoms. The predicted molar refractivity (Wildman–Crippen MR) is 479 cm³/mol. The largest absolute Gasteiger partial charge is 0.497 e. The second-order valence-electron chi connectivity index (χ2n) is 33.2. The van der Waals surface area contributed by atoms with E-state index in [0.29, 0.717) is 93.9 Å². The summed E-state index contributed by atoms with van der Waals surface area (Å²) in [6.45, 7) is 31.3. The summed E-state index contributed by atoms with van der Waals surface area (Å²) >= 11 is 0. The van der Waals surface area contributed by atoms with Gasteiger partial charge in [0.25, 0.3) is 11.8 Å². The van der Waals surface area contributed by atoms with Crippen LogP contribution < -0.4 is 18.9 Å². The highest BCUT2D eigenvalue weighted by Crippen LogP contribution is 2.41. The van der Waals surface area contributed by atoms with Crippen LogP contribution in [0.2, 0.25) is 0 Å². The fourth-order valence-corrected chi connectivity index (χ4v) is 16.0. The molecule has 4 aliphatic rings. The van der Waals surface area contributed by atoms with Gasteiger partial charge in [0.1, 0.15) is 24.1 Å². The van der Waals surface area contributed by atoms with Crippen LogP contribution in [0.3, 0.4) is 0 Å². The van der Waals surface area contributed by atoms with Crippen LogP contribution in [-0.4, -0.2) is 181 Å². The Morgan fingerprint density at radius 1 is 0.472 bits per heavy atom. The van der Waals surface area contributed by atoms with Crippen molar-refractivity contribution in [1.82, 2.24) is 75.2 Å². The van der Waals surface area contributed by atoms with Gasteiger partial charge >= 0.3 is 17.9 Å². The maximum Gasteiger partial charge on any atom is 0.364 e. The maximum absolute atomic E-state index is 12.7. The van der Waals surface area contributed by atoms with E-state index < -0.39 is 34.7 Å². The van der Waals surface area contributed by atoms with E-state index in [-0.39, 0.29) is 60.4 Å². The summed E-state index contributed by atoms with van der Waals surface area (Å²) in [4.78, 5) is 35.9. The predicted octanol–water partition coefficient (Wildman–Crippen LogP) is 18.5. The average molecular weight is 1720 g/mol. The monoisotopic (exact) mass is 1720 g/mol. The van der Waals surface area contributed by atoms with E-state index >= 15 is 0 Å². The number of hydrogen-bond acceptors (Lipinski definition) is 22. The van der Waals surface area contributed by atoms with Gasteiger partial charge in [0.05, 0.1) is 92.6 Å². The fourth-order valence-electron chi connectivity index (χ4n) is 16.0. The van der Waals surface area contributed by atoms with Gasteiger partial charge < -0.3 is 53.6 Å². The van der Waals surface area contributed by atoms with Crippen LogP contribution in [0.4, 0.5) is 0 Å². The van der Waals surface area contributed by atoms with Crippen LogP contribution >= 0.6 is 0 Å². The Kier molecular flexibility index (Phi) is 35.7. The number of nitrogens with one attached hydrogen (secondary N) is 2. The number of carboxylic acid groups (broad SMARTS) is 1. The molecule has 29 heteroatoms. The number of allylic oxidation sites excluding steroid dienone is 1. The Morgan fingerprint density at radius 3 is 1.15 bits per heavy atom. The lowest BCUT2D eigenvalue weighted by Crippen LogP contribution is -2.33. The van der Waals surface area contributed by atoms with E-state index in [1.54, 1.807) is 44.2 Å². The van der Waals surface area contributed by atoms with Crippen molar-refractivity contribution in [2.24, 2.45) is 0 Å². The molecule has 0 unspecified atom stereocenters. The maximum atomic E-state index is 12.7. The molecule has 125 heavy (non-hydrogen) atoms. The number of aliphatic hydroxyl groups is 3. The van der Waals surface area contributed by atoms with Gasteiger partial charge in [-0.05, 0) is 242 Å². The third kappa shape index (κ3) is 26.4. The van der Waals surface area contributed by atoms with Crippen molar-refractivity contribution in [3.05, 3.63) is 185 Å². The quantitative estimate of drug-likeness (QED) is 0.0121. The molecule has 4 fully saturated rings. The molecule has 1 saturated heterocycles. The van der Waals surface area contributed by atoms with E-state index in [4.69, 9.17) is 38.3 Å². The molecule has 7 heterocycles. The SMILES string of the molecule is C=C(CC)CC.CCC(O)(CC)Cn1nccc1-c1ccc(C2CCC(Oc3nn[nH]c3C(=O)O)CC2)cc1.CCC1(CC)CO1.CCOC(=O)c1[nH]nnc1OC1CCC(c2ccc(-c3ccnn3CC(O)(CC)CC)cc2)CC1.CCOC(=O)c1nnn(Cc2ccc(OC)cc2)c1OC1CCC(c2ccc(-c3ccnn3CC(O)(CC)CC)cc2)CC1. The second kappa shape index (κ2) is 46.4. The summed E-state index contributed by atoms with van der Waals surface area (Å²) in [7, 11) is 1.63. The standard InChI is InChI=1S/C34H43N5O5.C26H35N5O4.C24H31N5O4.C6H12O.C6H12/c1-5-34(41,6-2)23-39-30(20-21-35-39)27-12-10-25(11-13-27)26-14-18-29(19-15-26)44-32-31(33(40)43-7-3)36-37-38(32)22-24-8-16-28(42-4)17-9-24;1-4-26(33,5-2)17-31-22(15-16-27-31)20-9-7-18(8-10-20)19-11-13-21(14-12-19)35-24-23(28-30-29-24)25(32)34-6-3;1-3-24(32,4-2)15-29-20(13-14-25-29)18-7-5-16(6-8-18)17-9-11-19(12-10-17)33-22-21(23(30)31)26-28-27-22;1-3-6(4-2)5-7-6;1-4-6(3)5-2/h8-13,16-17,20-21,26,29,41H,5-7,14-15,18-19,22-23H2,1-4H3;7-10,15-16,19,21,33H,4-6,11-14,17H2,1-3H3,(H,28,29,30);5-8,13-14,17,19,32H,3-4,9-12,15H2,1-2H3,(H,30,31)(H,26,27,28);3-5H2,1-2H3;3-5H2,1-2H3. The number of epoxide rings is 1. The number of rotatable bonds is 36. The van der Waals surface area contributed by atoms with Gasteiger partial charge in [-0.3, -0.25) is 14.0 Å². The van der Waals surface area contributed by atoms with E-state index in [0.717, 1.165) is 142 Å². The van der Waals surface area contributed by atoms with Crippen LogP contribution in [-0.2, 0) is 40.4 Å². The number of nitrogens with zero attached hydrogens (tertiary/aromatic N) is 13. The first-order valence-electron chi connectivity index (χ1n) is 45.2. The minimum atomic E-state index is -1.13. The van der Waals surface area contributed by atoms with Gasteiger partial charge in [0, 0.05) is 18.6 Å². The first-order valence-corrected chi connectivity index (χ1v) is 45.2. The van der Waals surface area contributed by atoms with Gasteiger partial charge in [-0.25, -0.2) is 29.3 Å². The first kappa shape index (κ1) is 96.3. The molecule has 0 amide bonds. The molecule has 3 aliphatic carbocycles. The molecule has 4 aromatic carbocycles. The van der Waals surface area contributed by atoms with Gasteiger partial charge in [-0.2, -0.15) is 15.3 Å². The molecular formula is C96H133N15O14. The van der Waals surface area contributed by atoms with Crippen molar-refractivity contribution in [3.8, 4) is 57.2 Å².